The minimum atomic E-state index is -4.60. The maximum atomic E-state index is 13.6. The molecule has 0 radical (unpaired) electrons. The van der Waals surface area contributed by atoms with Gasteiger partial charge in [-0.2, -0.15) is 18.4 Å². The first-order chi connectivity index (χ1) is 13.9. The number of H-pyrrole nitrogens is 1. The monoisotopic (exact) mass is 399 g/mol. The molecule has 1 saturated carbocycles. The van der Waals surface area contributed by atoms with Crippen LogP contribution in [0, 0.1) is 16.7 Å². The summed E-state index contributed by atoms with van der Waals surface area (Å²) in [6.45, 7) is 1.79. The van der Waals surface area contributed by atoms with Crippen molar-refractivity contribution < 1.29 is 13.2 Å². The molecule has 3 N–H and O–H groups in total. The van der Waals surface area contributed by atoms with Crippen LogP contribution in [0.5, 0.6) is 0 Å². The predicted octanol–water partition coefficient (Wildman–Crippen LogP) is 3.07. The third kappa shape index (κ3) is 2.81. The molecular weight excluding hydrogens is 383 g/mol. The minimum Gasteiger partial charge on any atom is -0.351 e. The molecule has 0 amide bonds. The number of hydrogen-bond acceptors (Lipinski definition) is 6. The lowest BCUT2D eigenvalue weighted by molar-refractivity contribution is -0.137. The molecule has 29 heavy (non-hydrogen) atoms. The maximum absolute atomic E-state index is 13.6. The fourth-order valence-corrected chi connectivity index (χ4v) is 4.07. The Kier molecular flexibility index (Phi) is 3.79. The average Bonchev–Trinajstić information content (AvgIpc) is 3.06. The van der Waals surface area contributed by atoms with Crippen molar-refractivity contribution in [2.45, 2.75) is 25.1 Å². The third-order valence-electron chi connectivity index (χ3n) is 5.93. The van der Waals surface area contributed by atoms with E-state index in [0.717, 1.165) is 32.1 Å². The second kappa shape index (κ2) is 6.15. The zero-order valence-corrected chi connectivity index (χ0v) is 15.1. The molecule has 0 aromatic carbocycles. The summed E-state index contributed by atoms with van der Waals surface area (Å²) in [5, 5.41) is 15.9. The summed E-state index contributed by atoms with van der Waals surface area (Å²) >= 11 is 0. The summed E-state index contributed by atoms with van der Waals surface area (Å²) in [4.78, 5) is 15.1. The first kappa shape index (κ1) is 17.9. The van der Waals surface area contributed by atoms with Crippen molar-refractivity contribution in [3.8, 4) is 17.3 Å². The van der Waals surface area contributed by atoms with Crippen LogP contribution in [0.3, 0.4) is 0 Å². The first-order valence-electron chi connectivity index (χ1n) is 9.20. The van der Waals surface area contributed by atoms with Crippen LogP contribution in [0.4, 0.5) is 19.1 Å². The van der Waals surface area contributed by atoms with Gasteiger partial charge < -0.3 is 15.6 Å². The van der Waals surface area contributed by atoms with Crippen LogP contribution >= 0.6 is 0 Å². The van der Waals surface area contributed by atoms with Gasteiger partial charge in [0.1, 0.15) is 23.0 Å². The predicted molar refractivity (Wildman–Crippen MR) is 98.8 cm³/mol. The van der Waals surface area contributed by atoms with Gasteiger partial charge in [0.2, 0.25) is 5.95 Å². The molecule has 1 aliphatic heterocycles. The van der Waals surface area contributed by atoms with E-state index in [1.165, 1.54) is 12.3 Å². The average molecular weight is 399 g/mol. The fourth-order valence-electron chi connectivity index (χ4n) is 4.07. The van der Waals surface area contributed by atoms with Gasteiger partial charge in [0.25, 0.3) is 0 Å². The zero-order valence-electron chi connectivity index (χ0n) is 15.1. The second-order valence-corrected chi connectivity index (χ2v) is 7.56. The van der Waals surface area contributed by atoms with Gasteiger partial charge in [-0.15, -0.1) is 0 Å². The van der Waals surface area contributed by atoms with Gasteiger partial charge in [0.05, 0.1) is 5.69 Å². The number of anilines is 1. The molecule has 148 valence electrons. The molecule has 5 rings (SSSR count). The van der Waals surface area contributed by atoms with E-state index < -0.39 is 11.7 Å². The number of nitrogens with one attached hydrogen (secondary N) is 3. The Bertz CT molecular complexity index is 1140. The topological polar surface area (TPSA) is 102 Å². The van der Waals surface area contributed by atoms with Gasteiger partial charge in [0, 0.05) is 47.9 Å². The van der Waals surface area contributed by atoms with Crippen LogP contribution in [-0.4, -0.2) is 39.1 Å². The maximum Gasteiger partial charge on any atom is 0.419 e. The molecule has 10 heteroatoms. The van der Waals surface area contributed by atoms with Crippen LogP contribution in [0.1, 0.15) is 24.1 Å². The number of fused-ring (bicyclic) bond motifs is 1. The van der Waals surface area contributed by atoms with E-state index >= 15 is 0 Å². The second-order valence-electron chi connectivity index (χ2n) is 7.56. The van der Waals surface area contributed by atoms with Gasteiger partial charge in [0.15, 0.2) is 0 Å². The fraction of sp³-hybridized carbons (Fsp3) is 0.368. The van der Waals surface area contributed by atoms with E-state index in [-0.39, 0.29) is 34.4 Å². The summed E-state index contributed by atoms with van der Waals surface area (Å²) in [6, 6.07) is 5.10. The third-order valence-corrected chi connectivity index (χ3v) is 5.93. The highest BCUT2D eigenvalue weighted by atomic mass is 19.4. The van der Waals surface area contributed by atoms with Gasteiger partial charge in [-0.1, -0.05) is 0 Å². The summed E-state index contributed by atoms with van der Waals surface area (Å²) < 4.78 is 40.9. The highest BCUT2D eigenvalue weighted by molar-refractivity contribution is 5.93. The van der Waals surface area contributed by atoms with E-state index in [4.69, 9.17) is 5.26 Å². The molecule has 4 heterocycles. The minimum absolute atomic E-state index is 0.149. The molecule has 1 saturated heterocycles. The Labute approximate surface area is 163 Å². The van der Waals surface area contributed by atoms with Crippen molar-refractivity contribution in [3.63, 3.8) is 0 Å². The van der Waals surface area contributed by atoms with Crippen LogP contribution in [0.2, 0.25) is 0 Å². The van der Waals surface area contributed by atoms with Crippen molar-refractivity contribution in [1.82, 2.24) is 25.3 Å². The summed E-state index contributed by atoms with van der Waals surface area (Å²) in [7, 11) is 0. The van der Waals surface area contributed by atoms with E-state index in [1.807, 2.05) is 6.07 Å². The Morgan fingerprint density at radius 1 is 1.24 bits per heavy atom. The molecular formula is C19H16F3N7. The number of nitrogens with zero attached hydrogens (tertiary/aromatic N) is 4. The lowest BCUT2D eigenvalue weighted by Crippen LogP contribution is -2.67. The number of aromatic nitrogens is 4. The number of pyridine rings is 1. The first-order valence-corrected chi connectivity index (χ1v) is 9.20. The molecule has 3 aromatic heterocycles. The van der Waals surface area contributed by atoms with Crippen LogP contribution in [0.25, 0.3) is 22.3 Å². The van der Waals surface area contributed by atoms with Gasteiger partial charge in [-0.3, -0.25) is 0 Å². The Hall–Kier alpha value is -3.19. The Morgan fingerprint density at radius 2 is 2.07 bits per heavy atom. The number of rotatable bonds is 3. The van der Waals surface area contributed by atoms with E-state index in [9.17, 15) is 13.2 Å². The number of alkyl halides is 3. The number of hydrogen-bond donors (Lipinski definition) is 3. The largest absolute Gasteiger partial charge is 0.419 e. The van der Waals surface area contributed by atoms with Crippen molar-refractivity contribution in [1.29, 1.82) is 5.26 Å². The molecule has 2 fully saturated rings. The number of nitriles is 1. The van der Waals surface area contributed by atoms with E-state index in [2.05, 4.69) is 30.6 Å². The van der Waals surface area contributed by atoms with Crippen molar-refractivity contribution >= 4 is 17.0 Å². The quantitative estimate of drug-likeness (QED) is 0.626. The number of halogens is 3. The van der Waals surface area contributed by atoms with E-state index in [0.29, 0.717) is 11.0 Å². The lowest BCUT2D eigenvalue weighted by atomic mass is 9.60. The van der Waals surface area contributed by atoms with Crippen LogP contribution in [-0.2, 0) is 6.18 Å². The molecule has 0 bridgehead atoms. The van der Waals surface area contributed by atoms with Crippen LogP contribution < -0.4 is 10.6 Å². The number of aromatic amines is 1. The molecule has 1 spiro atoms. The molecule has 1 aliphatic carbocycles. The SMILES string of the molecule is N#Cc1ccc2c(-c3nc(NC4CCC45CNC5)ncc3C(F)(F)F)c[nH]c2n1. The van der Waals surface area contributed by atoms with Crippen molar-refractivity contribution in [2.75, 3.05) is 18.4 Å². The molecule has 1 unspecified atom stereocenters. The van der Waals surface area contributed by atoms with Crippen molar-refractivity contribution in [2.24, 2.45) is 5.41 Å². The van der Waals surface area contributed by atoms with Crippen molar-refractivity contribution in [3.05, 3.63) is 35.8 Å². The molecule has 7 nitrogen and oxygen atoms in total. The highest BCUT2D eigenvalue weighted by Crippen LogP contribution is 2.46. The zero-order chi connectivity index (χ0) is 20.2. The highest BCUT2D eigenvalue weighted by Gasteiger charge is 2.51. The normalized spacial score (nSPS) is 20.1. The van der Waals surface area contributed by atoms with Gasteiger partial charge >= 0.3 is 6.18 Å². The summed E-state index contributed by atoms with van der Waals surface area (Å²) in [5.74, 6) is 0.180. The van der Waals surface area contributed by atoms with Gasteiger partial charge in [-0.25, -0.2) is 15.0 Å². The van der Waals surface area contributed by atoms with E-state index in [1.54, 1.807) is 6.07 Å². The standard InChI is InChI=1S/C19H16F3N7/c20-19(21,22)13-7-26-17(28-14-3-4-18(14)8-24-9-18)29-15(13)12-6-25-16-11(12)2-1-10(5-23)27-16/h1-2,6-7,14,24H,3-4,8-9H2,(H,25,27)(H,26,28,29). The molecule has 3 aromatic rings. The smallest absolute Gasteiger partial charge is 0.351 e. The Morgan fingerprint density at radius 3 is 2.69 bits per heavy atom. The Balaban J connectivity index is 1.58. The summed E-state index contributed by atoms with van der Waals surface area (Å²) in [6.07, 6.45) is -0.325. The summed E-state index contributed by atoms with van der Waals surface area (Å²) in [5.41, 5.74) is -0.196. The molecule has 2 aliphatic rings. The lowest BCUT2D eigenvalue weighted by Gasteiger charge is -2.56. The van der Waals surface area contributed by atoms with Crippen LogP contribution in [0.15, 0.2) is 24.5 Å². The van der Waals surface area contributed by atoms with Gasteiger partial charge in [-0.05, 0) is 25.0 Å². The molecule has 1 atom stereocenters.